The van der Waals surface area contributed by atoms with E-state index in [0.29, 0.717) is 0 Å². The van der Waals surface area contributed by atoms with Gasteiger partial charge in [-0.3, -0.25) is 0 Å². The monoisotopic (exact) mass is 145 g/mol. The molecule has 0 spiro atoms. The number of rotatable bonds is 0. The molecule has 9 heavy (non-hydrogen) atoms. The number of hydrogen-bond donors (Lipinski definition) is 0. The lowest BCUT2D eigenvalue weighted by atomic mass is 10.2. The van der Waals surface area contributed by atoms with E-state index in [1.807, 2.05) is 0 Å². The van der Waals surface area contributed by atoms with Gasteiger partial charge in [0.15, 0.2) is 5.71 Å². The molecule has 0 N–H and O–H groups in total. The van der Waals surface area contributed by atoms with Crippen molar-refractivity contribution in [3.63, 3.8) is 0 Å². The van der Waals surface area contributed by atoms with Crippen LogP contribution in [0.25, 0.3) is 0 Å². The van der Waals surface area contributed by atoms with Crippen molar-refractivity contribution in [2.75, 3.05) is 13.1 Å². The molecule has 0 aromatic carbocycles. The molecule has 1 nitrogen and oxygen atoms in total. The van der Waals surface area contributed by atoms with E-state index < -0.39 is 0 Å². The number of halogens is 1. The summed E-state index contributed by atoms with van der Waals surface area (Å²) in [5, 5.41) is 0. The van der Waals surface area contributed by atoms with E-state index in [-0.39, 0.29) is 12.4 Å². The lowest BCUT2D eigenvalue weighted by Crippen LogP contribution is -3.00. The van der Waals surface area contributed by atoms with Crippen molar-refractivity contribution in [2.24, 2.45) is 0 Å². The number of nitrogens with zero attached hydrogens (tertiary/aromatic N) is 1. The molecule has 0 bridgehead atoms. The second-order valence-corrected chi connectivity index (χ2v) is 2.76. The molecule has 2 rings (SSSR count). The summed E-state index contributed by atoms with van der Waals surface area (Å²) >= 11 is 0. The summed E-state index contributed by atoms with van der Waals surface area (Å²) in [7, 11) is 0. The maximum Gasteiger partial charge on any atom is 0.152 e. The lowest BCUT2D eigenvalue weighted by molar-refractivity contribution is -0.512. The molecule has 0 saturated heterocycles. The fourth-order valence-electron chi connectivity index (χ4n) is 1.82. The molecular weight excluding hydrogens is 134 g/mol. The van der Waals surface area contributed by atoms with Crippen LogP contribution in [0.1, 0.15) is 25.7 Å². The summed E-state index contributed by atoms with van der Waals surface area (Å²) < 4.78 is 2.56. The first-order valence-electron chi connectivity index (χ1n) is 3.56. The molecule has 52 valence electrons. The highest BCUT2D eigenvalue weighted by molar-refractivity contribution is 5.81. The Kier molecular flexibility index (Phi) is 2.12. The Morgan fingerprint density at radius 3 is 2.00 bits per heavy atom. The van der Waals surface area contributed by atoms with Crippen molar-refractivity contribution in [3.8, 4) is 0 Å². The molecule has 2 heteroatoms. The van der Waals surface area contributed by atoms with Gasteiger partial charge in [-0.05, 0) is 0 Å². The molecule has 2 heterocycles. The van der Waals surface area contributed by atoms with Crippen LogP contribution in [0.4, 0.5) is 0 Å². The van der Waals surface area contributed by atoms with Crippen LogP contribution >= 0.6 is 0 Å². The van der Waals surface area contributed by atoms with E-state index in [0.717, 1.165) is 0 Å². The zero-order valence-electron chi connectivity index (χ0n) is 5.57. The standard InChI is InChI=1S/C7H12N.ClH/c1-3-7-4-2-6-8(7)5-1;/h1-6H2;1H/q+1;/p-1. The van der Waals surface area contributed by atoms with Crippen molar-refractivity contribution in [1.82, 2.24) is 0 Å². The molecule has 0 unspecified atom stereocenters. The summed E-state index contributed by atoms with van der Waals surface area (Å²) in [4.78, 5) is 0. The third-order valence-corrected chi connectivity index (χ3v) is 2.23. The molecule has 2 aliphatic heterocycles. The normalized spacial score (nSPS) is 24.0. The van der Waals surface area contributed by atoms with Crippen molar-refractivity contribution < 1.29 is 17.0 Å². The summed E-state index contributed by atoms with van der Waals surface area (Å²) in [6, 6.07) is 0. The molecule has 0 amide bonds. The average Bonchev–Trinajstić information content (AvgIpc) is 2.15. The van der Waals surface area contributed by atoms with Crippen LogP contribution in [-0.4, -0.2) is 23.4 Å². The Morgan fingerprint density at radius 1 is 1.00 bits per heavy atom. The van der Waals surface area contributed by atoms with E-state index in [4.69, 9.17) is 0 Å². The highest BCUT2D eigenvalue weighted by Gasteiger charge is 2.26. The predicted octanol–water partition coefficient (Wildman–Crippen LogP) is -1.97. The Balaban J connectivity index is 0.000000405. The Hall–Kier alpha value is -0.0400. The Bertz CT molecular complexity index is 112. The highest BCUT2D eigenvalue weighted by atomic mass is 35.5. The SMILES string of the molecule is C1CC2=[N+](C1)CCC2.[Cl-]. The van der Waals surface area contributed by atoms with Gasteiger partial charge in [-0.25, -0.2) is 4.58 Å². The van der Waals surface area contributed by atoms with E-state index in [1.54, 1.807) is 5.71 Å². The van der Waals surface area contributed by atoms with Gasteiger partial charge in [0.05, 0.1) is 0 Å². The van der Waals surface area contributed by atoms with Crippen molar-refractivity contribution >= 4 is 5.71 Å². The van der Waals surface area contributed by atoms with Crippen LogP contribution in [0.5, 0.6) is 0 Å². The summed E-state index contributed by atoms with van der Waals surface area (Å²) in [6.45, 7) is 2.71. The van der Waals surface area contributed by atoms with Gasteiger partial charge < -0.3 is 12.4 Å². The molecule has 0 atom stereocenters. The van der Waals surface area contributed by atoms with Crippen LogP contribution in [0.15, 0.2) is 0 Å². The Labute approximate surface area is 62.2 Å². The lowest BCUT2D eigenvalue weighted by Gasteiger charge is -1.85. The summed E-state index contributed by atoms with van der Waals surface area (Å²) in [5.74, 6) is 0. The minimum absolute atomic E-state index is 0. The molecule has 0 aromatic heterocycles. The van der Waals surface area contributed by atoms with Crippen LogP contribution in [-0.2, 0) is 0 Å². The van der Waals surface area contributed by atoms with Gasteiger partial charge >= 0.3 is 0 Å². The van der Waals surface area contributed by atoms with Crippen molar-refractivity contribution in [1.29, 1.82) is 0 Å². The van der Waals surface area contributed by atoms with E-state index in [1.165, 1.54) is 38.8 Å². The Morgan fingerprint density at radius 2 is 1.56 bits per heavy atom. The van der Waals surface area contributed by atoms with Gasteiger partial charge in [-0.15, -0.1) is 0 Å². The predicted molar refractivity (Wildman–Crippen MR) is 33.5 cm³/mol. The number of hydrogen-bond acceptors (Lipinski definition) is 0. The molecular formula is C7H12ClN. The van der Waals surface area contributed by atoms with Gasteiger partial charge in [-0.2, -0.15) is 0 Å². The van der Waals surface area contributed by atoms with E-state index >= 15 is 0 Å². The second kappa shape index (κ2) is 2.70. The van der Waals surface area contributed by atoms with Gasteiger partial charge in [-0.1, -0.05) is 0 Å². The first-order chi connectivity index (χ1) is 3.97. The van der Waals surface area contributed by atoms with Crippen LogP contribution in [0, 0.1) is 0 Å². The third-order valence-electron chi connectivity index (χ3n) is 2.23. The second-order valence-electron chi connectivity index (χ2n) is 2.76. The zero-order valence-corrected chi connectivity index (χ0v) is 6.32. The molecule has 2 aliphatic rings. The van der Waals surface area contributed by atoms with E-state index in [9.17, 15) is 0 Å². The third kappa shape index (κ3) is 1.11. The van der Waals surface area contributed by atoms with Crippen molar-refractivity contribution in [2.45, 2.75) is 25.7 Å². The van der Waals surface area contributed by atoms with Crippen molar-refractivity contribution in [3.05, 3.63) is 0 Å². The largest absolute Gasteiger partial charge is 1.00 e. The molecule has 0 aromatic rings. The molecule has 0 fully saturated rings. The molecule has 0 aliphatic carbocycles. The topological polar surface area (TPSA) is 3.01 Å². The van der Waals surface area contributed by atoms with Gasteiger partial charge in [0.1, 0.15) is 13.1 Å². The van der Waals surface area contributed by atoms with Crippen LogP contribution in [0.2, 0.25) is 0 Å². The maximum atomic E-state index is 2.56. The van der Waals surface area contributed by atoms with Gasteiger partial charge in [0.2, 0.25) is 0 Å². The van der Waals surface area contributed by atoms with Crippen LogP contribution < -0.4 is 12.4 Å². The maximum absolute atomic E-state index is 2.56. The fourth-order valence-corrected chi connectivity index (χ4v) is 1.82. The minimum Gasteiger partial charge on any atom is -1.00 e. The summed E-state index contributed by atoms with van der Waals surface area (Å²) in [6.07, 6.45) is 5.66. The van der Waals surface area contributed by atoms with E-state index in [2.05, 4.69) is 4.58 Å². The molecule has 0 radical (unpaired) electrons. The molecule has 0 saturated carbocycles. The summed E-state index contributed by atoms with van der Waals surface area (Å²) in [5.41, 5.74) is 1.74. The van der Waals surface area contributed by atoms with Crippen LogP contribution in [0.3, 0.4) is 0 Å². The zero-order chi connectivity index (χ0) is 5.40. The minimum atomic E-state index is 0. The first kappa shape index (κ1) is 7.07. The smallest absolute Gasteiger partial charge is 0.152 e. The van der Waals surface area contributed by atoms with Gasteiger partial charge in [0.25, 0.3) is 0 Å². The van der Waals surface area contributed by atoms with Gasteiger partial charge in [0, 0.05) is 25.7 Å². The quantitative estimate of drug-likeness (QED) is 0.348. The fraction of sp³-hybridized carbons (Fsp3) is 0.857. The first-order valence-corrected chi connectivity index (χ1v) is 3.56. The highest BCUT2D eigenvalue weighted by Crippen LogP contribution is 2.15. The average molecular weight is 146 g/mol.